The van der Waals surface area contributed by atoms with E-state index in [2.05, 4.69) is 0 Å². The molecule has 4 N–H and O–H groups in total. The normalized spacial score (nSPS) is 7.73. The lowest BCUT2D eigenvalue weighted by Crippen LogP contribution is -2.24. The Hall–Kier alpha value is -1.07. The molecule has 0 aliphatic rings. The highest BCUT2D eigenvalue weighted by molar-refractivity contribution is 5.85. The monoisotopic (exact) mass is 180 g/mol. The quantitative estimate of drug-likeness (QED) is 0.568. The van der Waals surface area contributed by atoms with Crippen LogP contribution in [-0.4, -0.2) is 15.8 Å². The van der Waals surface area contributed by atoms with Crippen LogP contribution in [0.5, 0.6) is 0 Å². The fourth-order valence-corrected chi connectivity index (χ4v) is 0.563. The minimum absolute atomic E-state index is 0. The zero-order chi connectivity index (χ0) is 6.85. The molecule has 5 nitrogen and oxygen atoms in total. The van der Waals surface area contributed by atoms with Crippen molar-refractivity contribution < 1.29 is 14.5 Å². The molecule has 64 valence electrons. The summed E-state index contributed by atoms with van der Waals surface area (Å²) in [4.78, 5) is 10.2. The lowest BCUT2D eigenvalue weighted by Gasteiger charge is -1.78. The number of hydrogen-bond acceptors (Lipinski definition) is 2. The number of aromatic nitrogens is 2. The molecule has 0 bridgehead atoms. The number of nitrogens with zero attached hydrogens (tertiary/aromatic N) is 2. The van der Waals surface area contributed by atoms with Crippen molar-refractivity contribution in [3.8, 4) is 0 Å². The fourth-order valence-electron chi connectivity index (χ4n) is 0.563. The number of carboxylic acid groups (broad SMARTS) is 1. The summed E-state index contributed by atoms with van der Waals surface area (Å²) in [7, 11) is 1.76. The Balaban J connectivity index is 0. The summed E-state index contributed by atoms with van der Waals surface area (Å²) < 4.78 is 2.74. The van der Waals surface area contributed by atoms with Crippen LogP contribution >= 0.6 is 12.4 Å². The van der Waals surface area contributed by atoms with Crippen molar-refractivity contribution in [1.82, 2.24) is 10.7 Å². The number of halogens is 1. The van der Waals surface area contributed by atoms with Crippen LogP contribution in [-0.2, 0) is 7.05 Å². The predicted molar refractivity (Wildman–Crippen MR) is 41.3 cm³/mol. The van der Waals surface area contributed by atoms with Gasteiger partial charge in [-0.3, -0.25) is 0 Å². The van der Waals surface area contributed by atoms with Gasteiger partial charge < -0.3 is 11.3 Å². The molecule has 0 aliphatic heterocycles. The Labute approximate surface area is 70.3 Å². The van der Waals surface area contributed by atoms with Gasteiger partial charge in [-0.25, -0.2) is 4.57 Å². The minimum atomic E-state index is -0.962. The van der Waals surface area contributed by atoms with Crippen LogP contribution < -0.4 is 10.7 Å². The number of imidazole rings is 1. The van der Waals surface area contributed by atoms with Crippen molar-refractivity contribution in [2.75, 3.05) is 0 Å². The van der Waals surface area contributed by atoms with Crippen LogP contribution in [0.15, 0.2) is 18.7 Å². The maximum absolute atomic E-state index is 10.2. The topological polar surface area (TPSA) is 81.1 Å². The van der Waals surface area contributed by atoms with Crippen molar-refractivity contribution >= 4 is 18.5 Å². The first kappa shape index (κ1) is 12.6. The average molecular weight is 181 g/mol. The molecule has 1 aromatic heterocycles. The second-order valence-electron chi connectivity index (χ2n) is 1.77. The Morgan fingerprint density at radius 1 is 1.64 bits per heavy atom. The van der Waals surface area contributed by atoms with E-state index in [1.807, 2.05) is 0 Å². The highest BCUT2D eigenvalue weighted by Crippen LogP contribution is 1.79. The molecule has 0 amide bonds. The number of aryl methyl sites for hydroxylation is 1. The summed E-state index contributed by atoms with van der Waals surface area (Å²) >= 11 is 0. The predicted octanol–water partition coefficient (Wildman–Crippen LogP) is 0.422. The third-order valence-electron chi connectivity index (χ3n) is 0.990. The molecule has 1 rings (SSSR count). The van der Waals surface area contributed by atoms with Crippen LogP contribution in [0.2, 0.25) is 0 Å². The first-order chi connectivity index (χ1) is 4.20. The van der Waals surface area contributed by atoms with E-state index >= 15 is 0 Å². The Bertz CT molecular complexity index is 235. The van der Waals surface area contributed by atoms with Gasteiger partial charge in [0.25, 0.3) is 6.33 Å². The largest absolute Gasteiger partial charge is 0.509 e. The second kappa shape index (κ2) is 4.70. The third kappa shape index (κ3) is 3.01. The molecule has 0 saturated heterocycles. The Morgan fingerprint density at radius 2 is 2.18 bits per heavy atom. The molecule has 0 fully saturated rings. The first-order valence-corrected chi connectivity index (χ1v) is 2.46. The van der Waals surface area contributed by atoms with E-state index in [-0.39, 0.29) is 18.6 Å². The maximum Gasteiger partial charge on any atom is 0.509 e. The Morgan fingerprint density at radius 3 is 2.36 bits per heavy atom. The molecule has 0 radical (unpaired) electrons. The number of carbonyl (C=O) groups is 1. The molecule has 0 unspecified atom stereocenters. The molecule has 0 aliphatic carbocycles. The van der Waals surface area contributed by atoms with Crippen molar-refractivity contribution in [3.05, 3.63) is 18.7 Å². The van der Waals surface area contributed by atoms with Crippen LogP contribution in [0.25, 0.3) is 0 Å². The number of hydrogen-bond donors (Lipinski definition) is 2. The van der Waals surface area contributed by atoms with Gasteiger partial charge in [0.2, 0.25) is 0 Å². The van der Waals surface area contributed by atoms with Gasteiger partial charge >= 0.3 is 6.09 Å². The van der Waals surface area contributed by atoms with Crippen LogP contribution in [0.3, 0.4) is 0 Å². The average Bonchev–Trinajstić information content (AvgIpc) is 2.14. The van der Waals surface area contributed by atoms with E-state index in [4.69, 9.17) is 5.11 Å². The molecule has 0 atom stereocenters. The smallest absolute Gasteiger partial charge is 0.446 e. The minimum Gasteiger partial charge on any atom is -0.446 e. The van der Waals surface area contributed by atoms with Gasteiger partial charge in [0, 0.05) is 0 Å². The lowest BCUT2D eigenvalue weighted by atomic mass is 10.9. The van der Waals surface area contributed by atoms with Crippen LogP contribution in [0.4, 0.5) is 4.79 Å². The standard InChI is InChI=1S/C5H6N2O2.ClH.H3N/c1-6-2-3-7(4-6)5(8)9;;/h2-4H,1H3;1H;1H3/p+1. The van der Waals surface area contributed by atoms with E-state index in [9.17, 15) is 4.79 Å². The molecular formula is C5H11ClN3O2+. The zero-order valence-electron chi connectivity index (χ0n) is 6.10. The molecule has 0 saturated carbocycles. The molecule has 1 aromatic rings. The van der Waals surface area contributed by atoms with Gasteiger partial charge in [0.15, 0.2) is 0 Å². The molecular weight excluding hydrogens is 170 g/mol. The fraction of sp³-hybridized carbons (Fsp3) is 0.200. The van der Waals surface area contributed by atoms with E-state index in [0.29, 0.717) is 0 Å². The van der Waals surface area contributed by atoms with Crippen molar-refractivity contribution in [2.24, 2.45) is 7.05 Å². The van der Waals surface area contributed by atoms with Crippen molar-refractivity contribution in [1.29, 1.82) is 0 Å². The van der Waals surface area contributed by atoms with Gasteiger partial charge in [0.1, 0.15) is 12.4 Å². The maximum atomic E-state index is 10.2. The van der Waals surface area contributed by atoms with Gasteiger partial charge in [-0.15, -0.1) is 17.0 Å². The van der Waals surface area contributed by atoms with Gasteiger partial charge in [-0.1, -0.05) is 0 Å². The summed E-state index contributed by atoms with van der Waals surface area (Å²) in [5.41, 5.74) is 0. The van der Waals surface area contributed by atoms with Crippen LogP contribution in [0.1, 0.15) is 0 Å². The first-order valence-electron chi connectivity index (χ1n) is 2.46. The summed E-state index contributed by atoms with van der Waals surface area (Å²) in [6, 6.07) is 0. The van der Waals surface area contributed by atoms with Crippen molar-refractivity contribution in [2.45, 2.75) is 0 Å². The zero-order valence-corrected chi connectivity index (χ0v) is 6.91. The highest BCUT2D eigenvalue weighted by Gasteiger charge is 2.06. The summed E-state index contributed by atoms with van der Waals surface area (Å²) in [6.45, 7) is 0. The van der Waals surface area contributed by atoms with Gasteiger partial charge in [-0.05, 0) is 0 Å². The van der Waals surface area contributed by atoms with E-state index < -0.39 is 6.09 Å². The van der Waals surface area contributed by atoms with Gasteiger partial charge in [0.05, 0.1) is 7.05 Å². The molecule has 0 aromatic carbocycles. The summed E-state index contributed by atoms with van der Waals surface area (Å²) in [5, 5.41) is 8.35. The lowest BCUT2D eigenvalue weighted by molar-refractivity contribution is -0.670. The SMILES string of the molecule is C[n+]1ccn(C(=O)O)c1.Cl.N. The molecule has 1 heterocycles. The number of rotatable bonds is 0. The van der Waals surface area contributed by atoms with Crippen LogP contribution in [0, 0.1) is 0 Å². The summed E-state index contributed by atoms with van der Waals surface area (Å²) in [6.07, 6.45) is 3.65. The van der Waals surface area contributed by atoms with E-state index in [1.165, 1.54) is 12.5 Å². The molecule has 11 heavy (non-hydrogen) atoms. The van der Waals surface area contributed by atoms with E-state index in [1.54, 1.807) is 17.8 Å². The van der Waals surface area contributed by atoms with Gasteiger partial charge in [-0.2, -0.15) is 4.79 Å². The third-order valence-corrected chi connectivity index (χ3v) is 0.990. The van der Waals surface area contributed by atoms with E-state index in [0.717, 1.165) is 4.57 Å². The Kier molecular flexibility index (Phi) is 5.38. The second-order valence-corrected chi connectivity index (χ2v) is 1.77. The molecule has 6 heteroatoms. The molecule has 0 spiro atoms. The summed E-state index contributed by atoms with van der Waals surface area (Å²) in [5.74, 6) is 0. The van der Waals surface area contributed by atoms with Crippen molar-refractivity contribution in [3.63, 3.8) is 0 Å². The highest BCUT2D eigenvalue weighted by atomic mass is 35.5.